The Kier molecular flexibility index (Phi) is 5.17. The van der Waals surface area contributed by atoms with Crippen LogP contribution in [0.25, 0.3) is 0 Å². The Morgan fingerprint density at radius 2 is 2.00 bits per heavy atom. The molecule has 2 N–H and O–H groups in total. The fourth-order valence-electron chi connectivity index (χ4n) is 3.56. The van der Waals surface area contributed by atoms with Gasteiger partial charge in [-0.25, -0.2) is 4.79 Å². The van der Waals surface area contributed by atoms with E-state index in [1.165, 1.54) is 0 Å². The fraction of sp³-hybridized carbons (Fsp3) is 0.368. The number of rotatable bonds is 5. The van der Waals surface area contributed by atoms with Crippen molar-refractivity contribution in [1.82, 2.24) is 4.98 Å². The molecule has 1 unspecified atom stereocenters. The summed E-state index contributed by atoms with van der Waals surface area (Å²) in [5, 5.41) is 20.0. The second-order valence-corrected chi connectivity index (χ2v) is 6.96. The molecule has 3 rings (SSSR count). The predicted octanol–water partition coefficient (Wildman–Crippen LogP) is 4.13. The number of nitrogens with zero attached hydrogens (tertiary/aromatic N) is 1. The number of pyridine rings is 1. The van der Waals surface area contributed by atoms with Crippen molar-refractivity contribution in [2.45, 2.75) is 31.8 Å². The SMILES string of the molecule is O=C(O)c1ccc(CC2CC[C@H]([C@H](O)c3cncc(Cl)c3)C2)cc1. The van der Waals surface area contributed by atoms with E-state index in [-0.39, 0.29) is 5.92 Å². The summed E-state index contributed by atoms with van der Waals surface area (Å²) in [6.45, 7) is 0. The van der Waals surface area contributed by atoms with Gasteiger partial charge in [-0.3, -0.25) is 4.98 Å². The Labute approximate surface area is 146 Å². The largest absolute Gasteiger partial charge is 0.478 e. The number of halogens is 1. The summed E-state index contributed by atoms with van der Waals surface area (Å²) in [5.41, 5.74) is 2.23. The predicted molar refractivity (Wildman–Crippen MR) is 92.1 cm³/mol. The van der Waals surface area contributed by atoms with Crippen molar-refractivity contribution in [3.8, 4) is 0 Å². The van der Waals surface area contributed by atoms with E-state index in [4.69, 9.17) is 16.7 Å². The van der Waals surface area contributed by atoms with Crippen LogP contribution in [0.2, 0.25) is 5.02 Å². The molecule has 1 aliphatic carbocycles. The maximum Gasteiger partial charge on any atom is 0.335 e. The number of carbonyl (C=O) groups is 1. The zero-order chi connectivity index (χ0) is 17.1. The Morgan fingerprint density at radius 1 is 1.25 bits per heavy atom. The molecular formula is C19H20ClNO3. The number of carboxylic acid groups (broad SMARTS) is 1. The minimum absolute atomic E-state index is 0.216. The first-order valence-electron chi connectivity index (χ1n) is 8.13. The number of carboxylic acids is 1. The highest BCUT2D eigenvalue weighted by molar-refractivity contribution is 6.30. The van der Waals surface area contributed by atoms with Gasteiger partial charge in [0.1, 0.15) is 0 Å². The Bertz CT molecular complexity index is 717. The lowest BCUT2D eigenvalue weighted by Crippen LogP contribution is -2.10. The van der Waals surface area contributed by atoms with Gasteiger partial charge in [0, 0.05) is 18.0 Å². The van der Waals surface area contributed by atoms with Crippen molar-refractivity contribution in [2.24, 2.45) is 11.8 Å². The van der Waals surface area contributed by atoms with Gasteiger partial charge in [-0.15, -0.1) is 0 Å². The molecule has 0 radical (unpaired) electrons. The monoisotopic (exact) mass is 345 g/mol. The molecular weight excluding hydrogens is 326 g/mol. The average Bonchev–Trinajstić information content (AvgIpc) is 3.03. The molecule has 0 amide bonds. The Morgan fingerprint density at radius 3 is 2.67 bits per heavy atom. The van der Waals surface area contributed by atoms with Crippen LogP contribution in [0.15, 0.2) is 42.7 Å². The lowest BCUT2D eigenvalue weighted by atomic mass is 9.92. The molecule has 3 atom stereocenters. The van der Waals surface area contributed by atoms with Crippen molar-refractivity contribution >= 4 is 17.6 Å². The molecule has 1 aromatic carbocycles. The van der Waals surface area contributed by atoms with Gasteiger partial charge in [0.05, 0.1) is 16.7 Å². The molecule has 4 nitrogen and oxygen atoms in total. The summed E-state index contributed by atoms with van der Waals surface area (Å²) in [7, 11) is 0. The van der Waals surface area contributed by atoms with E-state index in [2.05, 4.69) is 4.98 Å². The van der Waals surface area contributed by atoms with Crippen molar-refractivity contribution in [3.05, 3.63) is 64.4 Å². The minimum Gasteiger partial charge on any atom is -0.478 e. The van der Waals surface area contributed by atoms with E-state index in [9.17, 15) is 9.90 Å². The summed E-state index contributed by atoms with van der Waals surface area (Å²) in [4.78, 5) is 14.9. The number of hydrogen-bond acceptors (Lipinski definition) is 3. The van der Waals surface area contributed by atoms with E-state index >= 15 is 0 Å². The number of aliphatic hydroxyl groups excluding tert-OH is 1. The molecule has 1 saturated carbocycles. The molecule has 1 fully saturated rings. The summed E-state index contributed by atoms with van der Waals surface area (Å²) < 4.78 is 0. The lowest BCUT2D eigenvalue weighted by molar-refractivity contribution is 0.0697. The van der Waals surface area contributed by atoms with Crippen LogP contribution in [-0.2, 0) is 6.42 Å². The topological polar surface area (TPSA) is 70.4 Å². The Hall–Kier alpha value is -1.91. The van der Waals surface area contributed by atoms with E-state index in [1.54, 1.807) is 30.6 Å². The molecule has 1 aromatic heterocycles. The van der Waals surface area contributed by atoms with Gasteiger partial charge < -0.3 is 10.2 Å². The molecule has 1 heterocycles. The molecule has 2 aromatic rings. The van der Waals surface area contributed by atoms with Crippen LogP contribution in [0.4, 0.5) is 0 Å². The summed E-state index contributed by atoms with van der Waals surface area (Å²) in [5.74, 6) is -0.179. The van der Waals surface area contributed by atoms with E-state index in [0.29, 0.717) is 16.5 Å². The molecule has 0 spiro atoms. The number of hydrogen-bond donors (Lipinski definition) is 2. The van der Waals surface area contributed by atoms with Crippen LogP contribution in [0.1, 0.15) is 46.9 Å². The van der Waals surface area contributed by atoms with Crippen LogP contribution in [0.3, 0.4) is 0 Å². The number of aliphatic hydroxyl groups is 1. The molecule has 24 heavy (non-hydrogen) atoms. The highest BCUT2D eigenvalue weighted by Gasteiger charge is 2.31. The fourth-order valence-corrected chi connectivity index (χ4v) is 3.75. The molecule has 0 saturated heterocycles. The highest BCUT2D eigenvalue weighted by atomic mass is 35.5. The second-order valence-electron chi connectivity index (χ2n) is 6.53. The first-order valence-corrected chi connectivity index (χ1v) is 8.51. The average molecular weight is 346 g/mol. The molecule has 5 heteroatoms. The van der Waals surface area contributed by atoms with Crippen LogP contribution in [0.5, 0.6) is 0 Å². The van der Waals surface area contributed by atoms with Gasteiger partial charge in [-0.05, 0) is 61.3 Å². The zero-order valence-corrected chi connectivity index (χ0v) is 14.0. The molecule has 0 aliphatic heterocycles. The minimum atomic E-state index is -0.902. The van der Waals surface area contributed by atoms with Crippen molar-refractivity contribution in [2.75, 3.05) is 0 Å². The van der Waals surface area contributed by atoms with Crippen LogP contribution >= 0.6 is 11.6 Å². The summed E-state index contributed by atoms with van der Waals surface area (Å²) in [6, 6.07) is 8.84. The van der Waals surface area contributed by atoms with Gasteiger partial charge in [0.25, 0.3) is 0 Å². The second kappa shape index (κ2) is 7.32. The zero-order valence-electron chi connectivity index (χ0n) is 13.2. The Balaban J connectivity index is 1.60. The summed E-state index contributed by atoms with van der Waals surface area (Å²) >= 11 is 5.95. The quantitative estimate of drug-likeness (QED) is 0.855. The van der Waals surface area contributed by atoms with Gasteiger partial charge in [-0.1, -0.05) is 23.7 Å². The third-order valence-corrected chi connectivity index (χ3v) is 5.03. The maximum absolute atomic E-state index is 10.9. The van der Waals surface area contributed by atoms with Crippen molar-refractivity contribution in [3.63, 3.8) is 0 Å². The summed E-state index contributed by atoms with van der Waals surface area (Å²) in [6.07, 6.45) is 6.62. The number of benzene rings is 1. The van der Waals surface area contributed by atoms with Crippen LogP contribution in [-0.4, -0.2) is 21.2 Å². The highest BCUT2D eigenvalue weighted by Crippen LogP contribution is 2.40. The van der Waals surface area contributed by atoms with Crippen molar-refractivity contribution < 1.29 is 15.0 Å². The van der Waals surface area contributed by atoms with Crippen LogP contribution < -0.4 is 0 Å². The lowest BCUT2D eigenvalue weighted by Gasteiger charge is -2.18. The maximum atomic E-state index is 10.9. The van der Waals surface area contributed by atoms with Gasteiger partial charge in [0.2, 0.25) is 0 Å². The van der Waals surface area contributed by atoms with E-state index < -0.39 is 12.1 Å². The number of aromatic carboxylic acids is 1. The van der Waals surface area contributed by atoms with E-state index in [0.717, 1.165) is 36.8 Å². The molecule has 0 bridgehead atoms. The third-order valence-electron chi connectivity index (χ3n) is 4.82. The first kappa shape index (κ1) is 16.9. The smallest absolute Gasteiger partial charge is 0.335 e. The van der Waals surface area contributed by atoms with Crippen molar-refractivity contribution in [1.29, 1.82) is 0 Å². The van der Waals surface area contributed by atoms with Gasteiger partial charge in [-0.2, -0.15) is 0 Å². The molecule has 1 aliphatic rings. The standard InChI is InChI=1S/C19H20ClNO3/c20-17-9-16(10-21-11-17)18(22)15-6-3-13(8-15)7-12-1-4-14(5-2-12)19(23)24/h1-2,4-5,9-11,13,15,18,22H,3,6-8H2,(H,23,24)/t13?,15-,18-/m0/s1. The van der Waals surface area contributed by atoms with E-state index in [1.807, 2.05) is 12.1 Å². The van der Waals surface area contributed by atoms with Gasteiger partial charge >= 0.3 is 5.97 Å². The number of aromatic nitrogens is 1. The van der Waals surface area contributed by atoms with Gasteiger partial charge in [0.15, 0.2) is 0 Å². The van der Waals surface area contributed by atoms with Crippen LogP contribution in [0, 0.1) is 11.8 Å². The first-order chi connectivity index (χ1) is 11.5. The third kappa shape index (κ3) is 3.94. The normalized spacial score (nSPS) is 21.6. The molecule has 126 valence electrons.